The van der Waals surface area contributed by atoms with Crippen LogP contribution in [-0.4, -0.2) is 83.2 Å². The number of rotatable bonds is 17. The van der Waals surface area contributed by atoms with Crippen molar-refractivity contribution < 1.29 is 19.7 Å². The summed E-state index contributed by atoms with van der Waals surface area (Å²) in [6.45, 7) is 12.9. The lowest BCUT2D eigenvalue weighted by Crippen LogP contribution is -2.32. The summed E-state index contributed by atoms with van der Waals surface area (Å²) < 4.78 is 5.16. The molecule has 40 heavy (non-hydrogen) atoms. The summed E-state index contributed by atoms with van der Waals surface area (Å²) in [7, 11) is 0. The van der Waals surface area contributed by atoms with Gasteiger partial charge in [0.1, 0.15) is 0 Å². The average Bonchev–Trinajstić information content (AvgIpc) is 2.91. The van der Waals surface area contributed by atoms with Crippen LogP contribution in [0.1, 0.15) is 72.3 Å². The van der Waals surface area contributed by atoms with Crippen molar-refractivity contribution in [3.63, 3.8) is 0 Å². The van der Waals surface area contributed by atoms with E-state index in [-0.39, 0.29) is 30.8 Å². The van der Waals surface area contributed by atoms with E-state index in [1.54, 1.807) is 11.8 Å². The summed E-state index contributed by atoms with van der Waals surface area (Å²) in [4.78, 5) is 11.7. The van der Waals surface area contributed by atoms with Gasteiger partial charge in [-0.15, -0.1) is 0 Å². The van der Waals surface area contributed by atoms with Crippen molar-refractivity contribution in [3.05, 3.63) is 34.9 Å². The molecule has 0 heterocycles. The lowest BCUT2D eigenvalue weighted by Gasteiger charge is -2.23. The maximum absolute atomic E-state index is 11.7. The zero-order chi connectivity index (χ0) is 31.1. The van der Waals surface area contributed by atoms with Gasteiger partial charge in [-0.1, -0.05) is 50.4 Å². The third kappa shape index (κ3) is 23.1. The van der Waals surface area contributed by atoms with Gasteiger partial charge in [0.2, 0.25) is 0 Å². The van der Waals surface area contributed by atoms with Crippen LogP contribution in [-0.2, 0) is 9.53 Å². The second-order valence-electron chi connectivity index (χ2n) is 10.8. The van der Waals surface area contributed by atoms with Gasteiger partial charge in [0.05, 0.1) is 23.7 Å². The Morgan fingerprint density at radius 1 is 0.950 bits per heavy atom. The third-order valence-electron chi connectivity index (χ3n) is 5.56. The normalized spacial score (nSPS) is 14.2. The highest BCUT2D eigenvalue weighted by atomic mass is 35.5. The fraction of sp³-hybridized carbons (Fsp3) is 0.759. The quantitative estimate of drug-likeness (QED) is 0.139. The van der Waals surface area contributed by atoms with Crippen molar-refractivity contribution in [2.75, 3.05) is 42.6 Å². The van der Waals surface area contributed by atoms with E-state index in [4.69, 9.17) is 39.3 Å². The highest BCUT2D eigenvalue weighted by Gasteiger charge is 2.30. The van der Waals surface area contributed by atoms with Gasteiger partial charge in [0.15, 0.2) is 0 Å². The van der Waals surface area contributed by atoms with Gasteiger partial charge in [0.25, 0.3) is 0 Å². The molecular formula is C29H57ClN4O4S2. The summed E-state index contributed by atoms with van der Waals surface area (Å²) >= 11 is 9.08. The minimum Gasteiger partial charge on any atom is -0.463 e. The third-order valence-corrected chi connectivity index (χ3v) is 8.72. The number of carbonyl (C=O) groups is 1. The number of thioether (sulfide) groups is 2. The number of carbonyl (C=O) groups excluding carboxylic acids is 1. The highest BCUT2D eigenvalue weighted by molar-refractivity contribution is 7.99. The van der Waals surface area contributed by atoms with Crippen LogP contribution in [0.2, 0.25) is 5.02 Å². The second kappa shape index (κ2) is 25.0. The maximum atomic E-state index is 11.7. The first-order valence-corrected chi connectivity index (χ1v) is 16.8. The number of hydrogen-bond acceptors (Lipinski definition) is 10. The number of hydrogen-bond donors (Lipinski definition) is 6. The predicted octanol–water partition coefficient (Wildman–Crippen LogP) is 3.98. The Morgan fingerprint density at radius 3 is 1.93 bits per heavy atom. The van der Waals surface area contributed by atoms with Crippen LogP contribution in [0, 0.1) is 5.41 Å². The van der Waals surface area contributed by atoms with Crippen LogP contribution in [0.3, 0.4) is 0 Å². The Morgan fingerprint density at radius 2 is 1.48 bits per heavy atom. The minimum atomic E-state index is -0.525. The maximum Gasteiger partial charge on any atom is 0.312 e. The summed E-state index contributed by atoms with van der Waals surface area (Å²) in [5, 5.41) is 19.4. The number of aliphatic hydroxyl groups is 2. The average molecular weight is 625 g/mol. The first-order valence-electron chi connectivity index (χ1n) is 14.1. The van der Waals surface area contributed by atoms with Gasteiger partial charge in [-0.05, 0) is 63.5 Å². The monoisotopic (exact) mass is 624 g/mol. The Hall–Kier alpha value is -0.560. The molecule has 1 aromatic rings. The van der Waals surface area contributed by atoms with Crippen LogP contribution in [0.25, 0.3) is 0 Å². The second-order valence-corrected chi connectivity index (χ2v) is 13.3. The van der Waals surface area contributed by atoms with Crippen LogP contribution in [0.15, 0.2) is 24.3 Å². The van der Waals surface area contributed by atoms with Gasteiger partial charge in [-0.2, -0.15) is 23.5 Å². The van der Waals surface area contributed by atoms with Crippen LogP contribution in [0.4, 0.5) is 0 Å². The molecule has 11 heteroatoms. The topological polar surface area (TPSA) is 171 Å². The van der Waals surface area contributed by atoms with Gasteiger partial charge in [-0.3, -0.25) is 4.79 Å². The lowest BCUT2D eigenvalue weighted by molar-refractivity contribution is -0.156. The molecule has 8 nitrogen and oxygen atoms in total. The van der Waals surface area contributed by atoms with E-state index < -0.39 is 11.5 Å². The summed E-state index contributed by atoms with van der Waals surface area (Å²) in [5.41, 5.74) is 22.2. The van der Waals surface area contributed by atoms with E-state index in [9.17, 15) is 15.0 Å². The van der Waals surface area contributed by atoms with Gasteiger partial charge >= 0.3 is 5.97 Å². The molecule has 4 atom stereocenters. The van der Waals surface area contributed by atoms with Crippen molar-refractivity contribution >= 4 is 41.1 Å². The number of benzene rings is 1. The largest absolute Gasteiger partial charge is 0.463 e. The zero-order valence-corrected chi connectivity index (χ0v) is 27.9. The fourth-order valence-electron chi connectivity index (χ4n) is 2.87. The van der Waals surface area contributed by atoms with Gasteiger partial charge in [0, 0.05) is 48.0 Å². The zero-order valence-electron chi connectivity index (χ0n) is 25.5. The highest BCUT2D eigenvalue weighted by Crippen LogP contribution is 2.25. The van der Waals surface area contributed by atoms with Crippen molar-refractivity contribution in [2.45, 2.75) is 91.1 Å². The molecule has 0 bridgehead atoms. The number of esters is 1. The molecule has 0 aliphatic carbocycles. The molecule has 0 fully saturated rings. The fourth-order valence-corrected chi connectivity index (χ4v) is 5.24. The van der Waals surface area contributed by atoms with E-state index in [2.05, 4.69) is 13.8 Å². The summed E-state index contributed by atoms with van der Waals surface area (Å²) in [5.74, 6) is 3.13. The van der Waals surface area contributed by atoms with Crippen LogP contribution in [0.5, 0.6) is 0 Å². The molecule has 4 unspecified atom stereocenters. The molecule has 0 aromatic heterocycles. The standard InChI is InChI=1S/C12H18ClNOS.C11H23NO3S.C6H16N2/c1-9(7-16-8-12(15)6-14)10-2-4-11(13)5-3-10;1-8(2)15-10(14)11(3,4)7-16-6-9(13)5-12;1-2-3-4-6(8)5-7/h2-5,9,12,15H,6-8,14H2,1H3;8-9,13H,5-7,12H2,1-4H3;6H,2-5,7-8H2,1H3. The molecule has 236 valence electrons. The molecule has 0 spiro atoms. The molecule has 10 N–H and O–H groups in total. The molecule has 0 saturated heterocycles. The molecule has 0 radical (unpaired) electrons. The van der Waals surface area contributed by atoms with Crippen LogP contribution < -0.4 is 22.9 Å². The predicted molar refractivity (Wildman–Crippen MR) is 176 cm³/mol. The molecular weight excluding hydrogens is 568 g/mol. The molecule has 0 amide bonds. The first kappa shape index (κ1) is 41.6. The van der Waals surface area contributed by atoms with E-state index in [0.717, 1.165) is 17.2 Å². The van der Waals surface area contributed by atoms with Gasteiger partial charge in [-0.25, -0.2) is 0 Å². The minimum absolute atomic E-state index is 0.0913. The van der Waals surface area contributed by atoms with Crippen molar-refractivity contribution in [2.24, 2.45) is 28.3 Å². The summed E-state index contributed by atoms with van der Waals surface area (Å²) in [6, 6.07) is 8.15. The van der Waals surface area contributed by atoms with Gasteiger partial charge < -0.3 is 37.9 Å². The number of unbranched alkanes of at least 4 members (excludes halogenated alkanes) is 1. The van der Waals surface area contributed by atoms with Crippen molar-refractivity contribution in [1.82, 2.24) is 0 Å². The SMILES string of the molecule is CC(C)OC(=O)C(C)(C)CSCC(O)CN.CC(CSCC(O)CN)c1ccc(Cl)cc1.CCCCC(N)CN. The van der Waals surface area contributed by atoms with E-state index in [1.807, 2.05) is 52.0 Å². The van der Waals surface area contributed by atoms with E-state index in [0.29, 0.717) is 36.3 Å². The molecule has 1 aromatic carbocycles. The molecule has 0 aliphatic heterocycles. The molecule has 0 aliphatic rings. The number of halogens is 1. The molecule has 1 rings (SSSR count). The van der Waals surface area contributed by atoms with E-state index in [1.165, 1.54) is 30.2 Å². The Balaban J connectivity index is 0. The van der Waals surface area contributed by atoms with Crippen molar-refractivity contribution in [3.8, 4) is 0 Å². The Kier molecular flexibility index (Phi) is 26.0. The molecule has 0 saturated carbocycles. The van der Waals surface area contributed by atoms with Crippen LogP contribution >= 0.6 is 35.1 Å². The first-order chi connectivity index (χ1) is 18.7. The van der Waals surface area contributed by atoms with E-state index >= 15 is 0 Å². The number of nitrogens with two attached hydrogens (primary N) is 4. The Labute approximate surface area is 257 Å². The number of aliphatic hydroxyl groups excluding tert-OH is 2. The number of ether oxygens (including phenoxy) is 1. The van der Waals surface area contributed by atoms with Crippen molar-refractivity contribution in [1.29, 1.82) is 0 Å². The Bertz CT molecular complexity index is 745. The lowest BCUT2D eigenvalue weighted by atomic mass is 9.97. The summed E-state index contributed by atoms with van der Waals surface area (Å²) in [6.07, 6.45) is 2.52. The smallest absolute Gasteiger partial charge is 0.312 e.